The molecule has 120 valence electrons. The smallest absolute Gasteiger partial charge is 0.237 e. The zero-order valence-electron chi connectivity index (χ0n) is 14.3. The minimum atomic E-state index is -1.30. The summed E-state index contributed by atoms with van der Waals surface area (Å²) in [5.74, 6) is 1.05. The average molecular weight is 318 g/mol. The van der Waals surface area contributed by atoms with Crippen molar-refractivity contribution in [3.05, 3.63) is 36.0 Å². The number of nitrogens with zero attached hydrogens (tertiary/aromatic N) is 1. The third-order valence-electron chi connectivity index (χ3n) is 4.37. The Balaban J connectivity index is 2.24. The Morgan fingerprint density at radius 3 is 2.41 bits per heavy atom. The van der Waals surface area contributed by atoms with E-state index < -0.39 is 8.07 Å². The van der Waals surface area contributed by atoms with Crippen LogP contribution < -0.4 is 9.64 Å². The summed E-state index contributed by atoms with van der Waals surface area (Å²) in [4.78, 5) is 14.9. The second kappa shape index (κ2) is 6.29. The van der Waals surface area contributed by atoms with E-state index in [4.69, 9.17) is 4.74 Å². The van der Waals surface area contributed by atoms with E-state index in [9.17, 15) is 4.79 Å². The Bertz CT molecular complexity index is 559. The molecule has 0 aromatic heterocycles. The normalized spacial score (nSPS) is 22.6. The Morgan fingerprint density at radius 1 is 1.27 bits per heavy atom. The molecule has 0 unspecified atom stereocenters. The summed E-state index contributed by atoms with van der Waals surface area (Å²) in [6.07, 6.45) is 3.96. The highest BCUT2D eigenvalue weighted by Crippen LogP contribution is 2.39. The SMILES string of the molecule is CC[C@@]1(/C=C/[Si](C)(C)C)CCN(c2ccc(OC)cc2)C1=O. The molecule has 1 aliphatic heterocycles. The average Bonchev–Trinajstić information content (AvgIpc) is 2.82. The summed E-state index contributed by atoms with van der Waals surface area (Å²) in [7, 11) is 0.353. The largest absolute Gasteiger partial charge is 0.497 e. The number of hydrogen-bond donors (Lipinski definition) is 0. The van der Waals surface area contributed by atoms with Crippen LogP contribution >= 0.6 is 0 Å². The van der Waals surface area contributed by atoms with Gasteiger partial charge in [0.05, 0.1) is 20.6 Å². The highest BCUT2D eigenvalue weighted by Gasteiger charge is 2.43. The number of amides is 1. The lowest BCUT2D eigenvalue weighted by molar-refractivity contribution is -0.123. The molecule has 0 radical (unpaired) electrons. The lowest BCUT2D eigenvalue weighted by Crippen LogP contribution is -2.33. The predicted molar refractivity (Wildman–Crippen MR) is 95.2 cm³/mol. The summed E-state index contributed by atoms with van der Waals surface area (Å²) >= 11 is 0. The maximum absolute atomic E-state index is 13.0. The maximum Gasteiger partial charge on any atom is 0.237 e. The number of hydrogen-bond acceptors (Lipinski definition) is 2. The number of rotatable bonds is 5. The molecule has 1 aromatic rings. The van der Waals surface area contributed by atoms with Crippen LogP contribution in [-0.2, 0) is 4.79 Å². The molecule has 2 rings (SSSR count). The van der Waals surface area contributed by atoms with Crippen molar-refractivity contribution in [1.29, 1.82) is 0 Å². The van der Waals surface area contributed by atoms with Gasteiger partial charge >= 0.3 is 0 Å². The van der Waals surface area contributed by atoms with Gasteiger partial charge in [-0.3, -0.25) is 4.79 Å². The minimum absolute atomic E-state index is 0.231. The molecule has 22 heavy (non-hydrogen) atoms. The van der Waals surface area contributed by atoms with E-state index in [1.807, 2.05) is 29.2 Å². The van der Waals surface area contributed by atoms with Crippen LogP contribution in [-0.4, -0.2) is 27.6 Å². The van der Waals surface area contributed by atoms with Gasteiger partial charge in [0.25, 0.3) is 0 Å². The number of benzene rings is 1. The van der Waals surface area contributed by atoms with Crippen LogP contribution in [0.3, 0.4) is 0 Å². The van der Waals surface area contributed by atoms with Gasteiger partial charge in [-0.2, -0.15) is 0 Å². The first-order valence-corrected chi connectivity index (χ1v) is 11.6. The fourth-order valence-electron chi connectivity index (χ4n) is 2.81. The monoisotopic (exact) mass is 317 g/mol. The molecule has 1 saturated heterocycles. The lowest BCUT2D eigenvalue weighted by atomic mass is 9.84. The molecule has 0 aliphatic carbocycles. The van der Waals surface area contributed by atoms with Crippen molar-refractivity contribution >= 4 is 19.7 Å². The van der Waals surface area contributed by atoms with Gasteiger partial charge in [0.15, 0.2) is 0 Å². The molecule has 1 aromatic carbocycles. The van der Waals surface area contributed by atoms with E-state index in [0.717, 1.165) is 30.8 Å². The third-order valence-corrected chi connectivity index (χ3v) is 5.54. The topological polar surface area (TPSA) is 29.5 Å². The van der Waals surface area contributed by atoms with Gasteiger partial charge in [0.1, 0.15) is 5.75 Å². The van der Waals surface area contributed by atoms with E-state index in [0.29, 0.717) is 0 Å². The first-order valence-electron chi connectivity index (χ1n) is 7.98. The number of ether oxygens (including phenoxy) is 1. The number of methoxy groups -OCH3 is 1. The maximum atomic E-state index is 13.0. The van der Waals surface area contributed by atoms with Crippen LogP contribution in [0.1, 0.15) is 19.8 Å². The van der Waals surface area contributed by atoms with Crippen LogP contribution in [0.4, 0.5) is 5.69 Å². The molecule has 0 spiro atoms. The second-order valence-electron chi connectivity index (χ2n) is 7.11. The van der Waals surface area contributed by atoms with Crippen molar-refractivity contribution in [3.8, 4) is 5.75 Å². The minimum Gasteiger partial charge on any atom is -0.497 e. The standard InChI is InChI=1S/C18H27NO2Si/c1-6-18(12-14-22(3,4)5)11-13-19(17(18)20)15-7-9-16(21-2)10-8-15/h7-10,12,14H,6,11,13H2,1-5H3/b14-12+/t18-/m0/s1. The van der Waals surface area contributed by atoms with Crippen molar-refractivity contribution in [2.75, 3.05) is 18.6 Å². The predicted octanol–water partition coefficient (Wildman–Crippen LogP) is 4.26. The molecule has 0 bridgehead atoms. The highest BCUT2D eigenvalue weighted by molar-refractivity contribution is 6.81. The molecule has 1 aliphatic rings. The van der Waals surface area contributed by atoms with Gasteiger partial charge in [-0.25, -0.2) is 0 Å². The molecule has 0 saturated carbocycles. The lowest BCUT2D eigenvalue weighted by Gasteiger charge is -2.24. The Kier molecular flexibility index (Phi) is 4.80. The molecule has 4 heteroatoms. The zero-order chi connectivity index (χ0) is 16.4. The molecule has 3 nitrogen and oxygen atoms in total. The molecular weight excluding hydrogens is 290 g/mol. The molecule has 1 atom stereocenters. The summed E-state index contributed by atoms with van der Waals surface area (Å²) in [6.45, 7) is 9.80. The summed E-state index contributed by atoms with van der Waals surface area (Å²) in [5.41, 5.74) is 2.95. The summed E-state index contributed by atoms with van der Waals surface area (Å²) < 4.78 is 5.19. The quantitative estimate of drug-likeness (QED) is 0.759. The van der Waals surface area contributed by atoms with E-state index in [-0.39, 0.29) is 11.3 Å². The fraction of sp³-hybridized carbons (Fsp3) is 0.500. The molecule has 1 fully saturated rings. The zero-order valence-corrected chi connectivity index (χ0v) is 15.3. The van der Waals surface area contributed by atoms with E-state index in [1.165, 1.54) is 0 Å². The van der Waals surface area contributed by atoms with Crippen LogP contribution in [0.25, 0.3) is 0 Å². The van der Waals surface area contributed by atoms with E-state index in [2.05, 4.69) is 38.3 Å². The van der Waals surface area contributed by atoms with Gasteiger partial charge < -0.3 is 9.64 Å². The van der Waals surface area contributed by atoms with Crippen molar-refractivity contribution in [1.82, 2.24) is 0 Å². The van der Waals surface area contributed by atoms with Gasteiger partial charge in [-0.1, -0.05) is 38.3 Å². The third kappa shape index (κ3) is 3.43. The highest BCUT2D eigenvalue weighted by atomic mass is 28.3. The van der Waals surface area contributed by atoms with Crippen molar-refractivity contribution in [2.24, 2.45) is 5.41 Å². The van der Waals surface area contributed by atoms with E-state index in [1.54, 1.807) is 7.11 Å². The van der Waals surface area contributed by atoms with Gasteiger partial charge in [-0.15, -0.1) is 0 Å². The Morgan fingerprint density at radius 2 is 1.91 bits per heavy atom. The molecular formula is C18H27NO2Si. The fourth-order valence-corrected chi connectivity index (χ4v) is 3.63. The Hall–Kier alpha value is -1.55. The van der Waals surface area contributed by atoms with Gasteiger partial charge in [0.2, 0.25) is 5.91 Å². The van der Waals surface area contributed by atoms with Crippen LogP contribution in [0, 0.1) is 5.41 Å². The first-order chi connectivity index (χ1) is 10.3. The van der Waals surface area contributed by atoms with Gasteiger partial charge in [-0.05, 0) is 37.1 Å². The Labute approximate surface area is 135 Å². The summed E-state index contributed by atoms with van der Waals surface area (Å²) in [5, 5.41) is 0. The van der Waals surface area contributed by atoms with Crippen LogP contribution in [0.2, 0.25) is 19.6 Å². The van der Waals surface area contributed by atoms with Crippen molar-refractivity contribution in [3.63, 3.8) is 0 Å². The van der Waals surface area contributed by atoms with Crippen LogP contribution in [0.5, 0.6) is 5.75 Å². The first kappa shape index (κ1) is 16.8. The summed E-state index contributed by atoms with van der Waals surface area (Å²) in [6, 6.07) is 7.74. The van der Waals surface area contributed by atoms with E-state index >= 15 is 0 Å². The second-order valence-corrected chi connectivity index (χ2v) is 12.2. The van der Waals surface area contributed by atoms with Crippen LogP contribution in [0.15, 0.2) is 36.0 Å². The van der Waals surface area contributed by atoms with Gasteiger partial charge in [0, 0.05) is 12.2 Å². The molecule has 0 N–H and O–H groups in total. The number of carbonyl (C=O) groups is 1. The number of carbonyl (C=O) groups excluding carboxylic acids is 1. The van der Waals surface area contributed by atoms with Crippen molar-refractivity contribution in [2.45, 2.75) is 39.4 Å². The van der Waals surface area contributed by atoms with Crippen molar-refractivity contribution < 1.29 is 9.53 Å². The molecule has 1 amide bonds. The number of anilines is 1. The molecule has 1 heterocycles.